The van der Waals surface area contributed by atoms with E-state index in [9.17, 15) is 9.18 Å². The zero-order valence-electron chi connectivity index (χ0n) is 20.5. The second-order valence-electron chi connectivity index (χ2n) is 9.57. The first-order chi connectivity index (χ1) is 17.0. The van der Waals surface area contributed by atoms with Gasteiger partial charge in [-0.2, -0.15) is 0 Å². The number of hydrogen-bond acceptors (Lipinski definition) is 6. The van der Waals surface area contributed by atoms with Crippen molar-refractivity contribution < 1.29 is 9.18 Å². The zero-order valence-corrected chi connectivity index (χ0v) is 23.7. The molecule has 0 saturated carbocycles. The molecule has 2 saturated heterocycles. The summed E-state index contributed by atoms with van der Waals surface area (Å²) < 4.78 is 16.0. The van der Waals surface area contributed by atoms with E-state index >= 15 is 0 Å². The standard InChI is InChI=1S/C25H27ClFN7O.3ClH/c26-19-10-16(3-4-20(19)27)21-13-34(12-17-2-1-7-28-17)24(31-21)15-5-8-33(9-6-15)25-18-11-22(35)32-23(18)29-14-30-25;;;/h3-4,10,13-15,17,28H,1-2,5-9,11-12H2,(H,29,30,32,35);3*1H/t17-;;;/m1.../s1. The molecule has 1 atom stereocenters. The van der Waals surface area contributed by atoms with Crippen LogP contribution >= 0.6 is 48.8 Å². The van der Waals surface area contributed by atoms with Gasteiger partial charge in [-0.05, 0) is 50.4 Å². The quantitative estimate of drug-likeness (QED) is 0.425. The molecule has 5 heterocycles. The molecule has 0 bridgehead atoms. The number of nitrogens with zero attached hydrogens (tertiary/aromatic N) is 5. The number of anilines is 2. The Labute approximate surface area is 244 Å². The number of carbonyl (C=O) groups is 1. The SMILES string of the molecule is Cl.Cl.Cl.O=C1Cc2c(ncnc2N2CCC(c3nc(-c4ccc(F)c(Cl)c4)cn3C[C@H]3CCCN3)CC2)N1. The van der Waals surface area contributed by atoms with Crippen LogP contribution in [0.3, 0.4) is 0 Å². The van der Waals surface area contributed by atoms with Crippen molar-refractivity contribution in [3.63, 3.8) is 0 Å². The Morgan fingerprint density at radius 2 is 1.89 bits per heavy atom. The van der Waals surface area contributed by atoms with Crippen LogP contribution in [-0.4, -0.2) is 51.1 Å². The number of fused-ring (bicyclic) bond motifs is 1. The van der Waals surface area contributed by atoms with Crippen molar-refractivity contribution in [2.45, 2.75) is 50.6 Å². The number of carbonyl (C=O) groups excluding carboxylic acids is 1. The van der Waals surface area contributed by atoms with Gasteiger partial charge in [0.2, 0.25) is 5.91 Å². The second kappa shape index (κ2) is 12.8. The Balaban J connectivity index is 0.00000133. The number of nitrogens with one attached hydrogen (secondary N) is 2. The second-order valence-corrected chi connectivity index (χ2v) is 9.98. The van der Waals surface area contributed by atoms with E-state index in [1.165, 1.54) is 18.8 Å². The first-order valence-electron chi connectivity index (χ1n) is 12.2. The summed E-state index contributed by atoms with van der Waals surface area (Å²) in [7, 11) is 0. The van der Waals surface area contributed by atoms with Crippen LogP contribution in [-0.2, 0) is 17.8 Å². The highest BCUT2D eigenvalue weighted by Gasteiger charge is 2.31. The van der Waals surface area contributed by atoms with Gasteiger partial charge >= 0.3 is 0 Å². The molecule has 3 aliphatic rings. The highest BCUT2D eigenvalue weighted by atomic mass is 35.5. The average Bonchev–Trinajstić information content (AvgIpc) is 3.61. The zero-order chi connectivity index (χ0) is 23.9. The summed E-state index contributed by atoms with van der Waals surface area (Å²) in [5, 5.41) is 6.50. The fraction of sp³-hybridized carbons (Fsp3) is 0.440. The van der Waals surface area contributed by atoms with Crippen LogP contribution in [0.15, 0.2) is 30.7 Å². The fourth-order valence-corrected chi connectivity index (χ4v) is 5.66. The Kier molecular flexibility index (Phi) is 10.2. The van der Waals surface area contributed by atoms with Crippen LogP contribution < -0.4 is 15.5 Å². The van der Waals surface area contributed by atoms with E-state index in [1.54, 1.807) is 12.1 Å². The molecule has 38 heavy (non-hydrogen) atoms. The fourth-order valence-electron chi connectivity index (χ4n) is 5.48. The minimum atomic E-state index is -0.425. The molecule has 1 amide bonds. The summed E-state index contributed by atoms with van der Waals surface area (Å²) in [6.45, 7) is 3.57. The van der Waals surface area contributed by atoms with E-state index in [4.69, 9.17) is 16.6 Å². The van der Waals surface area contributed by atoms with E-state index in [0.717, 1.165) is 73.9 Å². The number of amides is 1. The van der Waals surface area contributed by atoms with Gasteiger partial charge in [0.1, 0.15) is 29.6 Å². The van der Waals surface area contributed by atoms with Gasteiger partial charge in [0, 0.05) is 48.9 Å². The Bertz CT molecular complexity index is 1280. The van der Waals surface area contributed by atoms with Gasteiger partial charge in [-0.15, -0.1) is 37.2 Å². The number of piperidine rings is 1. The Morgan fingerprint density at radius 3 is 2.61 bits per heavy atom. The van der Waals surface area contributed by atoms with E-state index in [2.05, 4.69) is 36.3 Å². The van der Waals surface area contributed by atoms with E-state index in [0.29, 0.717) is 24.2 Å². The molecule has 2 fully saturated rings. The van der Waals surface area contributed by atoms with Gasteiger partial charge in [0.15, 0.2) is 0 Å². The van der Waals surface area contributed by atoms with Crippen LogP contribution in [0, 0.1) is 5.82 Å². The molecule has 1 aromatic carbocycles. The maximum atomic E-state index is 13.7. The van der Waals surface area contributed by atoms with Crippen molar-refractivity contribution >= 4 is 66.4 Å². The largest absolute Gasteiger partial charge is 0.356 e. The molecular weight excluding hydrogens is 575 g/mol. The van der Waals surface area contributed by atoms with Crippen molar-refractivity contribution in [2.24, 2.45) is 0 Å². The van der Waals surface area contributed by atoms with E-state index < -0.39 is 5.82 Å². The summed E-state index contributed by atoms with van der Waals surface area (Å²) in [4.78, 5) is 27.9. The van der Waals surface area contributed by atoms with Gasteiger partial charge in [-0.25, -0.2) is 19.3 Å². The summed E-state index contributed by atoms with van der Waals surface area (Å²) in [5.74, 6) is 2.39. The lowest BCUT2D eigenvalue weighted by Crippen LogP contribution is -2.35. The molecule has 6 rings (SSSR count). The van der Waals surface area contributed by atoms with Crippen molar-refractivity contribution in [1.29, 1.82) is 0 Å². The molecule has 13 heteroatoms. The molecule has 3 aromatic rings. The minimum absolute atomic E-state index is 0. The molecule has 0 radical (unpaired) electrons. The summed E-state index contributed by atoms with van der Waals surface area (Å²) in [5.41, 5.74) is 2.53. The van der Waals surface area contributed by atoms with Gasteiger partial charge in [0.25, 0.3) is 0 Å². The molecule has 206 valence electrons. The number of halogens is 5. The number of aromatic nitrogens is 4. The highest BCUT2D eigenvalue weighted by molar-refractivity contribution is 6.31. The highest BCUT2D eigenvalue weighted by Crippen LogP contribution is 2.35. The molecule has 0 aliphatic carbocycles. The Hall–Kier alpha value is -2.17. The summed E-state index contributed by atoms with van der Waals surface area (Å²) in [6, 6.07) is 5.21. The third kappa shape index (κ3) is 6.02. The van der Waals surface area contributed by atoms with Gasteiger partial charge in [-0.1, -0.05) is 11.6 Å². The van der Waals surface area contributed by atoms with Crippen LogP contribution in [0.5, 0.6) is 0 Å². The molecule has 0 unspecified atom stereocenters. The number of benzene rings is 1. The minimum Gasteiger partial charge on any atom is -0.356 e. The van der Waals surface area contributed by atoms with Crippen molar-refractivity contribution in [1.82, 2.24) is 24.8 Å². The van der Waals surface area contributed by atoms with Crippen molar-refractivity contribution in [2.75, 3.05) is 29.9 Å². The number of imidazole rings is 1. The van der Waals surface area contributed by atoms with Gasteiger partial charge < -0.3 is 20.1 Å². The third-order valence-electron chi connectivity index (χ3n) is 7.28. The maximum Gasteiger partial charge on any atom is 0.230 e. The molecule has 3 aliphatic heterocycles. The smallest absolute Gasteiger partial charge is 0.230 e. The summed E-state index contributed by atoms with van der Waals surface area (Å²) >= 11 is 6.06. The van der Waals surface area contributed by atoms with E-state index in [1.807, 2.05) is 0 Å². The van der Waals surface area contributed by atoms with Crippen molar-refractivity contribution in [3.8, 4) is 11.3 Å². The van der Waals surface area contributed by atoms with Crippen LogP contribution in [0.25, 0.3) is 11.3 Å². The van der Waals surface area contributed by atoms with Gasteiger partial charge in [0.05, 0.1) is 17.1 Å². The predicted octanol–water partition coefficient (Wildman–Crippen LogP) is 5.03. The number of hydrogen-bond donors (Lipinski definition) is 2. The monoisotopic (exact) mass is 603 g/mol. The van der Waals surface area contributed by atoms with Gasteiger partial charge in [-0.3, -0.25) is 4.79 Å². The predicted molar refractivity (Wildman–Crippen MR) is 154 cm³/mol. The number of rotatable bonds is 5. The molecule has 2 aromatic heterocycles. The van der Waals surface area contributed by atoms with Crippen LogP contribution in [0.4, 0.5) is 16.0 Å². The van der Waals surface area contributed by atoms with Crippen LogP contribution in [0.1, 0.15) is 43.0 Å². The van der Waals surface area contributed by atoms with Crippen molar-refractivity contribution in [3.05, 3.63) is 53.0 Å². The topological polar surface area (TPSA) is 88.0 Å². The molecule has 8 nitrogen and oxygen atoms in total. The third-order valence-corrected chi connectivity index (χ3v) is 7.57. The average molecular weight is 605 g/mol. The lowest BCUT2D eigenvalue weighted by Gasteiger charge is -2.33. The lowest BCUT2D eigenvalue weighted by atomic mass is 9.95. The molecule has 0 spiro atoms. The maximum absolute atomic E-state index is 13.7. The molecular formula is C25H30Cl4FN7O. The van der Waals surface area contributed by atoms with E-state index in [-0.39, 0.29) is 48.2 Å². The Morgan fingerprint density at radius 1 is 1.11 bits per heavy atom. The molecule has 2 N–H and O–H groups in total. The normalized spacial score (nSPS) is 18.7. The summed E-state index contributed by atoms with van der Waals surface area (Å²) in [6.07, 6.45) is 8.13. The first kappa shape index (κ1) is 30.4. The lowest BCUT2D eigenvalue weighted by molar-refractivity contribution is -0.115. The first-order valence-corrected chi connectivity index (χ1v) is 12.6. The van der Waals surface area contributed by atoms with Crippen LogP contribution in [0.2, 0.25) is 5.02 Å².